The molecule has 8 heteroatoms. The number of carbonyl (C=O) groups is 1. The zero-order chi connectivity index (χ0) is 25.6. The number of rotatable bonds is 8. The highest BCUT2D eigenvalue weighted by Gasteiger charge is 2.38. The Kier molecular flexibility index (Phi) is 8.16. The highest BCUT2D eigenvalue weighted by Crippen LogP contribution is 2.39. The number of β-amino-alcohol motifs (C(OH)–C–C–N with tert-alkyl or cyclic N) is 1. The molecule has 0 bridgehead atoms. The van der Waals surface area contributed by atoms with E-state index in [0.717, 1.165) is 12.3 Å². The minimum Gasteiger partial charge on any atom is -0.497 e. The van der Waals surface area contributed by atoms with Gasteiger partial charge in [0, 0.05) is 19.1 Å². The van der Waals surface area contributed by atoms with Crippen molar-refractivity contribution in [2.24, 2.45) is 5.92 Å². The van der Waals surface area contributed by atoms with Crippen LogP contribution < -0.4 is 4.74 Å². The molecule has 1 saturated heterocycles. The molecule has 3 aromatic rings. The van der Waals surface area contributed by atoms with E-state index in [-0.39, 0.29) is 18.7 Å². The van der Waals surface area contributed by atoms with E-state index in [2.05, 4.69) is 27.3 Å². The molecular weight excluding hydrogens is 468 g/mol. The van der Waals surface area contributed by atoms with Gasteiger partial charge in [-0.2, -0.15) is 0 Å². The van der Waals surface area contributed by atoms with E-state index in [1.807, 2.05) is 18.2 Å². The number of aromatic nitrogens is 3. The molecule has 37 heavy (non-hydrogen) atoms. The largest absolute Gasteiger partial charge is 0.497 e. The number of nitrogens with zero attached hydrogens (tertiary/aromatic N) is 4. The van der Waals surface area contributed by atoms with Crippen LogP contribution in [0.15, 0.2) is 60.8 Å². The zero-order valence-corrected chi connectivity index (χ0v) is 21.4. The summed E-state index contributed by atoms with van der Waals surface area (Å²) in [5, 5.41) is 19.7. The number of aliphatic hydroxyl groups excluding tert-OH is 1. The number of likely N-dealkylation sites (tertiary alicyclic amines) is 1. The second kappa shape index (κ2) is 11.9. The summed E-state index contributed by atoms with van der Waals surface area (Å²) in [6.07, 6.45) is 8.39. The summed E-state index contributed by atoms with van der Waals surface area (Å²) in [6, 6.07) is 17.1. The number of hydrogen-bond donors (Lipinski definition) is 1. The molecule has 2 heterocycles. The zero-order valence-electron chi connectivity index (χ0n) is 21.4. The molecule has 1 aliphatic heterocycles. The van der Waals surface area contributed by atoms with E-state index in [9.17, 15) is 9.90 Å². The molecule has 0 spiro atoms. The van der Waals surface area contributed by atoms with Crippen molar-refractivity contribution in [3.63, 3.8) is 0 Å². The van der Waals surface area contributed by atoms with Crippen molar-refractivity contribution in [1.29, 1.82) is 0 Å². The van der Waals surface area contributed by atoms with E-state index < -0.39 is 12.1 Å². The van der Waals surface area contributed by atoms with Crippen LogP contribution in [0.5, 0.6) is 5.75 Å². The van der Waals surface area contributed by atoms with Crippen molar-refractivity contribution in [3.8, 4) is 5.75 Å². The number of hydrogen-bond acceptors (Lipinski definition) is 7. The van der Waals surface area contributed by atoms with Crippen LogP contribution >= 0.6 is 0 Å². The summed E-state index contributed by atoms with van der Waals surface area (Å²) in [7, 11) is 1.68. The molecule has 1 aromatic heterocycles. The van der Waals surface area contributed by atoms with Crippen molar-refractivity contribution in [2.45, 2.75) is 63.3 Å². The van der Waals surface area contributed by atoms with Gasteiger partial charge in [-0.3, -0.25) is 4.90 Å². The van der Waals surface area contributed by atoms with Gasteiger partial charge in [0.15, 0.2) is 0 Å². The first kappa shape index (κ1) is 25.4. The van der Waals surface area contributed by atoms with Crippen LogP contribution in [0.4, 0.5) is 0 Å². The number of ether oxygens (including phenoxy) is 2. The van der Waals surface area contributed by atoms with E-state index in [0.29, 0.717) is 30.1 Å². The second-order valence-corrected chi connectivity index (χ2v) is 10.2. The van der Waals surface area contributed by atoms with Gasteiger partial charge in [0.2, 0.25) is 0 Å². The maximum Gasteiger partial charge on any atom is 0.338 e. The van der Waals surface area contributed by atoms with Gasteiger partial charge in [0.05, 0.1) is 31.0 Å². The molecule has 8 nitrogen and oxygen atoms in total. The van der Waals surface area contributed by atoms with Gasteiger partial charge in [-0.15, -0.1) is 5.10 Å². The molecule has 0 amide bonds. The number of piperidine rings is 1. The minimum absolute atomic E-state index is 0.0340. The standard InChI is InChI=1S/C29H36N4O4/c1-36-25-14-12-22(13-15-25)26-16-27(28(34)19-32(26)17-21-8-4-2-5-9-21)33-18-24(30-31-33)20-37-29(35)23-10-6-3-7-11-23/h3,6-7,10-15,18,21,26-28,34H,2,4-5,8-9,16-17,19-20H2,1H3/t26-,27-,28-/m1/s1. The highest BCUT2D eigenvalue weighted by molar-refractivity contribution is 5.89. The van der Waals surface area contributed by atoms with Crippen molar-refractivity contribution >= 4 is 5.97 Å². The number of esters is 1. The number of carbonyl (C=O) groups excluding carboxylic acids is 1. The van der Waals surface area contributed by atoms with Gasteiger partial charge in [-0.25, -0.2) is 9.48 Å². The van der Waals surface area contributed by atoms with E-state index in [1.54, 1.807) is 42.3 Å². The average molecular weight is 505 g/mol. The molecule has 1 N–H and O–H groups in total. The lowest BCUT2D eigenvalue weighted by Crippen LogP contribution is -2.48. The third-order valence-corrected chi connectivity index (χ3v) is 7.75. The van der Waals surface area contributed by atoms with Gasteiger partial charge in [0.25, 0.3) is 0 Å². The predicted molar refractivity (Wildman–Crippen MR) is 139 cm³/mol. The summed E-state index contributed by atoms with van der Waals surface area (Å²) in [4.78, 5) is 14.7. The maximum atomic E-state index is 12.3. The summed E-state index contributed by atoms with van der Waals surface area (Å²) in [5.74, 6) is 1.11. The van der Waals surface area contributed by atoms with E-state index in [1.165, 1.54) is 37.7 Å². The van der Waals surface area contributed by atoms with Crippen molar-refractivity contribution in [2.75, 3.05) is 20.2 Å². The van der Waals surface area contributed by atoms with Gasteiger partial charge >= 0.3 is 5.97 Å². The smallest absolute Gasteiger partial charge is 0.338 e. The molecule has 0 unspecified atom stereocenters. The fourth-order valence-electron chi connectivity index (χ4n) is 5.72. The fraction of sp³-hybridized carbons (Fsp3) is 0.483. The molecule has 2 aliphatic rings. The summed E-state index contributed by atoms with van der Waals surface area (Å²) in [6.45, 7) is 1.61. The SMILES string of the molecule is COc1ccc([C@H]2C[C@@H](n3cc(COC(=O)c4ccccc4)nn3)[C@H](O)CN2CC2CCCCC2)cc1. The van der Waals surface area contributed by atoms with E-state index >= 15 is 0 Å². The Hall–Kier alpha value is -3.23. The van der Waals surface area contributed by atoms with Crippen LogP contribution in [0.1, 0.15) is 72.2 Å². The highest BCUT2D eigenvalue weighted by atomic mass is 16.5. The lowest BCUT2D eigenvalue weighted by molar-refractivity contribution is -0.0182. The fourth-order valence-corrected chi connectivity index (χ4v) is 5.72. The molecule has 5 rings (SSSR count). The number of benzene rings is 2. The Bertz CT molecular complexity index is 1140. The van der Waals surface area contributed by atoms with Gasteiger partial charge in [0.1, 0.15) is 18.1 Å². The summed E-state index contributed by atoms with van der Waals surface area (Å²) >= 11 is 0. The van der Waals surface area contributed by atoms with Gasteiger partial charge in [-0.05, 0) is 55.0 Å². The normalized spacial score (nSPS) is 23.0. The Labute approximate surface area is 218 Å². The monoisotopic (exact) mass is 504 g/mol. The molecule has 2 aromatic carbocycles. The Morgan fingerprint density at radius 3 is 2.54 bits per heavy atom. The maximum absolute atomic E-state index is 12.3. The van der Waals surface area contributed by atoms with Crippen molar-refractivity contribution in [1.82, 2.24) is 19.9 Å². The van der Waals surface area contributed by atoms with Crippen LogP contribution in [-0.2, 0) is 11.3 Å². The van der Waals surface area contributed by atoms with Crippen LogP contribution in [0, 0.1) is 5.92 Å². The Morgan fingerprint density at radius 1 is 1.05 bits per heavy atom. The van der Waals surface area contributed by atoms with Gasteiger partial charge in [-0.1, -0.05) is 54.8 Å². The first-order valence-electron chi connectivity index (χ1n) is 13.3. The van der Waals surface area contributed by atoms with E-state index in [4.69, 9.17) is 9.47 Å². The summed E-state index contributed by atoms with van der Waals surface area (Å²) in [5.41, 5.74) is 2.27. The topological polar surface area (TPSA) is 89.7 Å². The van der Waals surface area contributed by atoms with Crippen molar-refractivity contribution < 1.29 is 19.4 Å². The molecule has 1 saturated carbocycles. The van der Waals surface area contributed by atoms with Crippen molar-refractivity contribution in [3.05, 3.63) is 77.6 Å². The number of aliphatic hydroxyl groups is 1. The lowest BCUT2D eigenvalue weighted by atomic mass is 9.85. The molecule has 0 radical (unpaired) electrons. The third-order valence-electron chi connectivity index (χ3n) is 7.75. The Balaban J connectivity index is 1.29. The first-order chi connectivity index (χ1) is 18.1. The molecule has 2 fully saturated rings. The van der Waals surface area contributed by atoms with Crippen LogP contribution in [0.2, 0.25) is 0 Å². The number of methoxy groups -OCH3 is 1. The first-order valence-corrected chi connectivity index (χ1v) is 13.3. The van der Waals surface area contributed by atoms with Crippen LogP contribution in [0.3, 0.4) is 0 Å². The third kappa shape index (κ3) is 6.19. The molecule has 1 aliphatic carbocycles. The lowest BCUT2D eigenvalue weighted by Gasteiger charge is -2.44. The summed E-state index contributed by atoms with van der Waals surface area (Å²) < 4.78 is 12.5. The quantitative estimate of drug-likeness (QED) is 0.449. The van der Waals surface area contributed by atoms with Crippen LogP contribution in [-0.4, -0.2) is 57.3 Å². The molecular formula is C29H36N4O4. The Morgan fingerprint density at radius 2 is 1.81 bits per heavy atom. The second-order valence-electron chi connectivity index (χ2n) is 10.2. The molecule has 3 atom stereocenters. The van der Waals surface area contributed by atoms with Crippen LogP contribution in [0.25, 0.3) is 0 Å². The predicted octanol–water partition coefficient (Wildman–Crippen LogP) is 4.57. The minimum atomic E-state index is -0.570. The van der Waals surface area contributed by atoms with Gasteiger partial charge < -0.3 is 14.6 Å². The molecule has 196 valence electrons. The average Bonchev–Trinajstić information content (AvgIpc) is 3.42.